The summed E-state index contributed by atoms with van der Waals surface area (Å²) >= 11 is 3.35. The van der Waals surface area contributed by atoms with E-state index in [4.69, 9.17) is 0 Å². The van der Waals surface area contributed by atoms with E-state index >= 15 is 0 Å². The molecule has 0 spiro atoms. The summed E-state index contributed by atoms with van der Waals surface area (Å²) in [6.45, 7) is 0. The van der Waals surface area contributed by atoms with Crippen molar-refractivity contribution in [3.63, 3.8) is 0 Å². The number of anilines is 1. The van der Waals surface area contributed by atoms with Crippen LogP contribution in [0.2, 0.25) is 0 Å². The monoisotopic (exact) mass is 336 g/mol. The standard InChI is InChI=1S/C15H14BrFN2O/c16-9-4-6-11(17)14(8-9)18-12-2-1-3-13-10(12)5-7-15(20)19-13/h4-8,12,18H,1-3H2,(H,19,20). The van der Waals surface area contributed by atoms with Gasteiger partial charge in [-0.1, -0.05) is 15.9 Å². The SMILES string of the molecule is O=c1ccc2c([nH]1)CCCC2Nc1cc(Br)ccc1F. The summed E-state index contributed by atoms with van der Waals surface area (Å²) in [6, 6.07) is 8.22. The highest BCUT2D eigenvalue weighted by atomic mass is 79.9. The fourth-order valence-electron chi connectivity index (χ4n) is 2.65. The summed E-state index contributed by atoms with van der Waals surface area (Å²) in [6.07, 6.45) is 2.76. The van der Waals surface area contributed by atoms with Gasteiger partial charge in [0, 0.05) is 16.2 Å². The fourth-order valence-corrected chi connectivity index (χ4v) is 3.01. The van der Waals surface area contributed by atoms with Crippen LogP contribution in [-0.2, 0) is 6.42 Å². The summed E-state index contributed by atoms with van der Waals surface area (Å²) in [7, 11) is 0. The van der Waals surface area contributed by atoms with Gasteiger partial charge < -0.3 is 10.3 Å². The zero-order valence-electron chi connectivity index (χ0n) is 10.7. The normalized spacial score (nSPS) is 17.6. The number of hydrogen-bond acceptors (Lipinski definition) is 2. The largest absolute Gasteiger partial charge is 0.376 e. The third-order valence-corrected chi connectivity index (χ3v) is 4.08. The molecule has 104 valence electrons. The summed E-state index contributed by atoms with van der Waals surface area (Å²) in [5, 5.41) is 3.24. The Morgan fingerprint density at radius 1 is 1.30 bits per heavy atom. The minimum Gasteiger partial charge on any atom is -0.376 e. The Bertz CT molecular complexity index is 699. The Kier molecular flexibility index (Phi) is 3.61. The highest BCUT2D eigenvalue weighted by Crippen LogP contribution is 2.32. The number of halogens is 2. The van der Waals surface area contributed by atoms with E-state index in [1.807, 2.05) is 6.07 Å². The van der Waals surface area contributed by atoms with Crippen molar-refractivity contribution in [1.82, 2.24) is 4.98 Å². The highest BCUT2D eigenvalue weighted by molar-refractivity contribution is 9.10. The van der Waals surface area contributed by atoms with Crippen LogP contribution in [0.25, 0.3) is 0 Å². The molecule has 1 aromatic heterocycles. The number of aromatic amines is 1. The molecule has 0 bridgehead atoms. The molecule has 3 nitrogen and oxygen atoms in total. The topological polar surface area (TPSA) is 44.9 Å². The van der Waals surface area contributed by atoms with E-state index in [-0.39, 0.29) is 17.4 Å². The number of nitrogens with one attached hydrogen (secondary N) is 2. The van der Waals surface area contributed by atoms with Crippen LogP contribution in [0.3, 0.4) is 0 Å². The van der Waals surface area contributed by atoms with Gasteiger partial charge in [0.2, 0.25) is 5.56 Å². The summed E-state index contributed by atoms with van der Waals surface area (Å²) in [5.41, 5.74) is 2.40. The first-order valence-electron chi connectivity index (χ1n) is 6.57. The molecule has 1 aromatic carbocycles. The lowest BCUT2D eigenvalue weighted by atomic mass is 9.91. The molecule has 20 heavy (non-hydrogen) atoms. The molecule has 3 rings (SSSR count). The Balaban J connectivity index is 1.93. The van der Waals surface area contributed by atoms with E-state index in [0.717, 1.165) is 35.0 Å². The molecule has 1 aliphatic carbocycles. The summed E-state index contributed by atoms with van der Waals surface area (Å²) < 4.78 is 14.7. The predicted molar refractivity (Wildman–Crippen MR) is 80.5 cm³/mol. The van der Waals surface area contributed by atoms with Gasteiger partial charge >= 0.3 is 0 Å². The number of rotatable bonds is 2. The van der Waals surface area contributed by atoms with Gasteiger partial charge in [-0.25, -0.2) is 4.39 Å². The molecule has 1 aliphatic rings. The molecule has 1 unspecified atom stereocenters. The third kappa shape index (κ3) is 2.63. The summed E-state index contributed by atoms with van der Waals surface area (Å²) in [5.74, 6) is -0.273. The molecule has 0 radical (unpaired) electrons. The van der Waals surface area contributed by atoms with Gasteiger partial charge in [-0.3, -0.25) is 4.79 Å². The number of hydrogen-bond donors (Lipinski definition) is 2. The number of H-pyrrole nitrogens is 1. The van der Waals surface area contributed by atoms with Gasteiger partial charge in [-0.2, -0.15) is 0 Å². The maximum Gasteiger partial charge on any atom is 0.248 e. The van der Waals surface area contributed by atoms with Gasteiger partial charge in [-0.05, 0) is 49.1 Å². The second kappa shape index (κ2) is 5.40. The molecular weight excluding hydrogens is 323 g/mol. The minimum atomic E-state index is -0.273. The molecule has 0 fully saturated rings. The van der Waals surface area contributed by atoms with Crippen LogP contribution in [-0.4, -0.2) is 4.98 Å². The predicted octanol–water partition coefficient (Wildman–Crippen LogP) is 3.77. The van der Waals surface area contributed by atoms with E-state index in [9.17, 15) is 9.18 Å². The first-order chi connectivity index (χ1) is 9.63. The van der Waals surface area contributed by atoms with Gasteiger partial charge in [0.05, 0.1) is 11.7 Å². The molecule has 1 heterocycles. The van der Waals surface area contributed by atoms with Crippen LogP contribution in [0.1, 0.15) is 30.1 Å². The molecule has 0 amide bonds. The Hall–Kier alpha value is -1.62. The quantitative estimate of drug-likeness (QED) is 0.876. The molecule has 0 aliphatic heterocycles. The van der Waals surface area contributed by atoms with Crippen molar-refractivity contribution in [2.24, 2.45) is 0 Å². The fraction of sp³-hybridized carbons (Fsp3) is 0.267. The van der Waals surface area contributed by atoms with Crippen molar-refractivity contribution in [2.45, 2.75) is 25.3 Å². The van der Waals surface area contributed by atoms with Crippen LogP contribution in [0, 0.1) is 5.82 Å². The van der Waals surface area contributed by atoms with E-state index in [1.165, 1.54) is 12.1 Å². The molecule has 2 N–H and O–H groups in total. The van der Waals surface area contributed by atoms with Crippen LogP contribution >= 0.6 is 15.9 Å². The van der Waals surface area contributed by atoms with Crippen LogP contribution in [0.5, 0.6) is 0 Å². The van der Waals surface area contributed by atoms with Crippen molar-refractivity contribution in [1.29, 1.82) is 0 Å². The van der Waals surface area contributed by atoms with Gasteiger partial charge in [-0.15, -0.1) is 0 Å². The summed E-state index contributed by atoms with van der Waals surface area (Å²) in [4.78, 5) is 14.2. The lowest BCUT2D eigenvalue weighted by molar-refractivity contribution is 0.576. The first-order valence-corrected chi connectivity index (χ1v) is 7.36. The lowest BCUT2D eigenvalue weighted by Gasteiger charge is -2.27. The van der Waals surface area contributed by atoms with Crippen molar-refractivity contribution in [3.8, 4) is 0 Å². The zero-order chi connectivity index (χ0) is 14.1. The number of pyridine rings is 1. The molecule has 2 aromatic rings. The lowest BCUT2D eigenvalue weighted by Crippen LogP contribution is -2.22. The number of fused-ring (bicyclic) bond motifs is 1. The average Bonchev–Trinajstić information content (AvgIpc) is 2.43. The van der Waals surface area contributed by atoms with Crippen molar-refractivity contribution < 1.29 is 4.39 Å². The Labute approximate surface area is 124 Å². The maximum atomic E-state index is 13.8. The van der Waals surface area contributed by atoms with Crippen molar-refractivity contribution >= 4 is 21.6 Å². The number of aryl methyl sites for hydroxylation is 1. The average molecular weight is 337 g/mol. The highest BCUT2D eigenvalue weighted by Gasteiger charge is 2.21. The van der Waals surface area contributed by atoms with E-state index in [1.54, 1.807) is 12.1 Å². The van der Waals surface area contributed by atoms with Crippen LogP contribution in [0.4, 0.5) is 10.1 Å². The second-order valence-electron chi connectivity index (χ2n) is 4.97. The Morgan fingerprint density at radius 3 is 3.00 bits per heavy atom. The smallest absolute Gasteiger partial charge is 0.248 e. The number of benzene rings is 1. The number of aromatic nitrogens is 1. The van der Waals surface area contributed by atoms with Gasteiger partial charge in [0.25, 0.3) is 0 Å². The van der Waals surface area contributed by atoms with Crippen molar-refractivity contribution in [3.05, 3.63) is 62.2 Å². The van der Waals surface area contributed by atoms with Crippen molar-refractivity contribution in [2.75, 3.05) is 5.32 Å². The first kappa shape index (κ1) is 13.4. The molecule has 0 saturated carbocycles. The molecular formula is C15H14BrFN2O. The van der Waals surface area contributed by atoms with Gasteiger partial charge in [0.1, 0.15) is 5.82 Å². The van der Waals surface area contributed by atoms with E-state index in [2.05, 4.69) is 26.2 Å². The van der Waals surface area contributed by atoms with Crippen LogP contribution < -0.4 is 10.9 Å². The molecule has 5 heteroatoms. The third-order valence-electron chi connectivity index (χ3n) is 3.59. The zero-order valence-corrected chi connectivity index (χ0v) is 12.3. The van der Waals surface area contributed by atoms with E-state index in [0.29, 0.717) is 5.69 Å². The maximum absolute atomic E-state index is 13.8. The van der Waals surface area contributed by atoms with Gasteiger partial charge in [0.15, 0.2) is 0 Å². The second-order valence-corrected chi connectivity index (χ2v) is 5.89. The molecule has 1 atom stereocenters. The van der Waals surface area contributed by atoms with Crippen LogP contribution in [0.15, 0.2) is 39.6 Å². The Morgan fingerprint density at radius 2 is 2.15 bits per heavy atom. The van der Waals surface area contributed by atoms with E-state index < -0.39 is 0 Å². The minimum absolute atomic E-state index is 0.0272. The molecule has 0 saturated heterocycles.